The van der Waals surface area contributed by atoms with Gasteiger partial charge in [0.2, 0.25) is 0 Å². The van der Waals surface area contributed by atoms with E-state index >= 15 is 0 Å². The Balaban J connectivity index is 0.000000671. The summed E-state index contributed by atoms with van der Waals surface area (Å²) in [6.45, 7) is 1.96. The summed E-state index contributed by atoms with van der Waals surface area (Å²) >= 11 is 1.02. The van der Waals surface area contributed by atoms with E-state index in [0.29, 0.717) is 24.8 Å². The van der Waals surface area contributed by atoms with Crippen LogP contribution in [0.25, 0.3) is 0 Å². The maximum absolute atomic E-state index is 5.47. The van der Waals surface area contributed by atoms with Crippen molar-refractivity contribution in [2.75, 3.05) is 26.8 Å². The summed E-state index contributed by atoms with van der Waals surface area (Å²) in [5.74, 6) is 0. The van der Waals surface area contributed by atoms with Gasteiger partial charge < -0.3 is 16.2 Å². The molecule has 0 atom stereocenters. The van der Waals surface area contributed by atoms with Crippen LogP contribution in [-0.2, 0) is 4.74 Å². The monoisotopic (exact) mass is 204 g/mol. The van der Waals surface area contributed by atoms with Gasteiger partial charge in [0.1, 0.15) is 0 Å². The molecule has 1 aliphatic heterocycles. The van der Waals surface area contributed by atoms with Crippen LogP contribution in [0.3, 0.4) is 0 Å². The Morgan fingerprint density at radius 3 is 2.77 bits per heavy atom. The van der Waals surface area contributed by atoms with Gasteiger partial charge in [0.05, 0.1) is 30.5 Å². The van der Waals surface area contributed by atoms with Crippen LogP contribution in [0.4, 0.5) is 0 Å². The van der Waals surface area contributed by atoms with E-state index in [0.717, 1.165) is 17.7 Å². The Hall–Kier alpha value is -0.560. The van der Waals surface area contributed by atoms with Gasteiger partial charge in [-0.3, -0.25) is 10.1 Å². The lowest BCUT2D eigenvalue weighted by Gasteiger charge is -2.09. The SMILES string of the molecule is CN.NS/C(N)=C/C1=NCCOC1. The highest BCUT2D eigenvalue weighted by Crippen LogP contribution is 2.01. The molecule has 1 heterocycles. The Morgan fingerprint density at radius 1 is 1.62 bits per heavy atom. The molecule has 0 radical (unpaired) electrons. The van der Waals surface area contributed by atoms with Crippen molar-refractivity contribution < 1.29 is 4.74 Å². The van der Waals surface area contributed by atoms with Crippen LogP contribution >= 0.6 is 11.9 Å². The third kappa shape index (κ3) is 5.64. The predicted octanol–water partition coefficient (Wildman–Crippen LogP) is -0.560. The summed E-state index contributed by atoms with van der Waals surface area (Å²) in [6, 6.07) is 0. The van der Waals surface area contributed by atoms with E-state index in [1.807, 2.05) is 0 Å². The molecule has 6 heteroatoms. The van der Waals surface area contributed by atoms with Crippen LogP contribution in [0.2, 0.25) is 0 Å². The second kappa shape index (κ2) is 8.06. The molecule has 0 saturated carbocycles. The minimum atomic E-state index is 0.543. The second-order valence-electron chi connectivity index (χ2n) is 2.09. The number of nitrogens with two attached hydrogens (primary N) is 3. The van der Waals surface area contributed by atoms with Gasteiger partial charge in [0.25, 0.3) is 0 Å². The van der Waals surface area contributed by atoms with E-state index in [2.05, 4.69) is 10.7 Å². The molecule has 0 aromatic rings. The van der Waals surface area contributed by atoms with Crippen LogP contribution in [0, 0.1) is 0 Å². The molecule has 13 heavy (non-hydrogen) atoms. The average Bonchev–Trinajstić information content (AvgIpc) is 2.22. The van der Waals surface area contributed by atoms with Gasteiger partial charge in [-0.25, -0.2) is 0 Å². The number of ether oxygens (including phenoxy) is 1. The van der Waals surface area contributed by atoms with Crippen molar-refractivity contribution in [1.29, 1.82) is 0 Å². The molecule has 0 amide bonds. The Labute approximate surface area is 82.5 Å². The normalized spacial score (nSPS) is 17.2. The Morgan fingerprint density at radius 2 is 2.31 bits per heavy atom. The molecule has 1 rings (SSSR count). The molecule has 0 spiro atoms. The zero-order valence-corrected chi connectivity index (χ0v) is 8.51. The van der Waals surface area contributed by atoms with E-state index in [4.69, 9.17) is 15.6 Å². The lowest BCUT2D eigenvalue weighted by Crippen LogP contribution is -2.17. The highest BCUT2D eigenvalue weighted by atomic mass is 32.2. The highest BCUT2D eigenvalue weighted by molar-refractivity contribution is 8.00. The second-order valence-corrected chi connectivity index (χ2v) is 2.80. The molecule has 0 bridgehead atoms. The molecule has 0 aromatic heterocycles. The van der Waals surface area contributed by atoms with Crippen LogP contribution in [0.5, 0.6) is 0 Å². The number of hydrogen-bond donors (Lipinski definition) is 3. The molecule has 0 aliphatic carbocycles. The Bertz CT molecular complexity index is 193. The van der Waals surface area contributed by atoms with Gasteiger partial charge in [0, 0.05) is 0 Å². The zero-order chi connectivity index (χ0) is 10.1. The third-order valence-electron chi connectivity index (χ3n) is 1.25. The van der Waals surface area contributed by atoms with Crippen molar-refractivity contribution >= 4 is 17.7 Å². The summed E-state index contributed by atoms with van der Waals surface area (Å²) < 4.78 is 5.15. The first-order valence-electron chi connectivity index (χ1n) is 3.85. The van der Waals surface area contributed by atoms with Crippen molar-refractivity contribution in [2.24, 2.45) is 21.6 Å². The third-order valence-corrected chi connectivity index (χ3v) is 1.64. The topological polar surface area (TPSA) is 99.7 Å². The quantitative estimate of drug-likeness (QED) is 0.524. The van der Waals surface area contributed by atoms with Gasteiger partial charge in [-0.15, -0.1) is 0 Å². The summed E-state index contributed by atoms with van der Waals surface area (Å²) in [5.41, 5.74) is 10.8. The minimum Gasteiger partial charge on any atom is -0.392 e. The first-order valence-corrected chi connectivity index (χ1v) is 4.73. The fraction of sp³-hybridized carbons (Fsp3) is 0.571. The lowest BCUT2D eigenvalue weighted by atomic mass is 10.3. The van der Waals surface area contributed by atoms with Crippen molar-refractivity contribution in [3.8, 4) is 0 Å². The first-order chi connectivity index (χ1) is 6.33. The van der Waals surface area contributed by atoms with Crippen LogP contribution in [-0.4, -0.2) is 32.5 Å². The van der Waals surface area contributed by atoms with Gasteiger partial charge in [-0.1, -0.05) is 0 Å². The van der Waals surface area contributed by atoms with Crippen molar-refractivity contribution in [3.05, 3.63) is 11.1 Å². The average molecular weight is 204 g/mol. The van der Waals surface area contributed by atoms with Crippen LogP contribution in [0.1, 0.15) is 0 Å². The van der Waals surface area contributed by atoms with Crippen molar-refractivity contribution in [2.45, 2.75) is 0 Å². The summed E-state index contributed by atoms with van der Waals surface area (Å²) in [6.07, 6.45) is 1.74. The fourth-order valence-corrected chi connectivity index (χ4v) is 0.966. The van der Waals surface area contributed by atoms with Gasteiger partial charge in [-0.2, -0.15) is 0 Å². The number of rotatable bonds is 2. The molecule has 0 fully saturated rings. The molecule has 5 nitrogen and oxygen atoms in total. The smallest absolute Gasteiger partial charge is 0.0885 e. The summed E-state index contributed by atoms with van der Waals surface area (Å²) in [4.78, 5) is 4.18. The molecule has 6 N–H and O–H groups in total. The molecular formula is C7H16N4OS. The van der Waals surface area contributed by atoms with E-state index in [1.165, 1.54) is 7.05 Å². The standard InChI is InChI=1S/C6H11N3OS.CH5N/c7-6(11-8)3-5-4-10-2-1-9-5;1-2/h3H,1-2,4,7-8H2;2H2,1H3/b6-3+;. The molecular weight excluding hydrogens is 188 g/mol. The molecule has 0 unspecified atom stereocenters. The fourth-order valence-electron chi connectivity index (χ4n) is 0.762. The highest BCUT2D eigenvalue weighted by Gasteiger charge is 2.02. The van der Waals surface area contributed by atoms with Crippen molar-refractivity contribution in [1.82, 2.24) is 0 Å². The molecule has 76 valence electrons. The van der Waals surface area contributed by atoms with Gasteiger partial charge >= 0.3 is 0 Å². The van der Waals surface area contributed by atoms with Crippen LogP contribution < -0.4 is 16.6 Å². The van der Waals surface area contributed by atoms with E-state index in [-0.39, 0.29) is 0 Å². The van der Waals surface area contributed by atoms with Gasteiger partial charge in [-0.05, 0) is 25.1 Å². The van der Waals surface area contributed by atoms with E-state index in [9.17, 15) is 0 Å². The largest absolute Gasteiger partial charge is 0.392 e. The van der Waals surface area contributed by atoms with Crippen LogP contribution in [0.15, 0.2) is 16.1 Å². The van der Waals surface area contributed by atoms with E-state index < -0.39 is 0 Å². The lowest BCUT2D eigenvalue weighted by molar-refractivity contribution is 0.171. The molecule has 1 aliphatic rings. The van der Waals surface area contributed by atoms with Gasteiger partial charge in [0.15, 0.2) is 0 Å². The number of aliphatic imine (C=N–C) groups is 1. The number of hydrogen-bond acceptors (Lipinski definition) is 6. The zero-order valence-electron chi connectivity index (χ0n) is 7.69. The number of nitrogens with zero attached hydrogens (tertiary/aromatic N) is 1. The maximum atomic E-state index is 5.47. The van der Waals surface area contributed by atoms with E-state index in [1.54, 1.807) is 6.08 Å². The minimum absolute atomic E-state index is 0.543. The Kier molecular flexibility index (Phi) is 7.71. The molecule has 0 saturated heterocycles. The first kappa shape index (κ1) is 12.4. The van der Waals surface area contributed by atoms with Crippen molar-refractivity contribution in [3.63, 3.8) is 0 Å². The summed E-state index contributed by atoms with van der Waals surface area (Å²) in [7, 11) is 1.50. The predicted molar refractivity (Wildman–Crippen MR) is 57.3 cm³/mol. The maximum Gasteiger partial charge on any atom is 0.0885 e. The molecule has 0 aromatic carbocycles. The summed E-state index contributed by atoms with van der Waals surface area (Å²) in [5, 5.41) is 5.78.